The van der Waals surface area contributed by atoms with Crippen LogP contribution in [0.5, 0.6) is 0 Å². The zero-order chi connectivity index (χ0) is 15.3. The normalized spacial score (nSPS) is 29.8. The van der Waals surface area contributed by atoms with Gasteiger partial charge in [0, 0.05) is 23.1 Å². The van der Waals surface area contributed by atoms with E-state index in [1.165, 1.54) is 12.1 Å². The first kappa shape index (κ1) is 15.1. The molecule has 114 valence electrons. The van der Waals surface area contributed by atoms with Gasteiger partial charge >= 0.3 is 5.97 Å². The lowest BCUT2D eigenvalue weighted by molar-refractivity contribution is -0.142. The molecule has 1 aromatic carbocycles. The topological polar surface area (TPSA) is 40.5 Å². The summed E-state index contributed by atoms with van der Waals surface area (Å²) < 4.78 is 13.7. The van der Waals surface area contributed by atoms with Crippen molar-refractivity contribution in [3.8, 4) is 0 Å². The highest BCUT2D eigenvalue weighted by Crippen LogP contribution is 2.47. The Balaban J connectivity index is 1.91. The number of benzene rings is 1. The fourth-order valence-corrected chi connectivity index (χ4v) is 4.46. The minimum Gasteiger partial charge on any atom is -0.481 e. The van der Waals surface area contributed by atoms with Gasteiger partial charge in [0.25, 0.3) is 0 Å². The van der Waals surface area contributed by atoms with E-state index < -0.39 is 11.8 Å². The maximum atomic E-state index is 13.7. The molecule has 6 heteroatoms. The quantitative estimate of drug-likeness (QED) is 0.846. The molecule has 2 aliphatic heterocycles. The van der Waals surface area contributed by atoms with E-state index in [1.54, 1.807) is 0 Å². The summed E-state index contributed by atoms with van der Waals surface area (Å²) in [5, 5.41) is 9.74. The van der Waals surface area contributed by atoms with E-state index in [-0.39, 0.29) is 29.1 Å². The van der Waals surface area contributed by atoms with Gasteiger partial charge in [0.15, 0.2) is 0 Å². The summed E-state index contributed by atoms with van der Waals surface area (Å²) in [5.74, 6) is -1.57. The van der Waals surface area contributed by atoms with Crippen molar-refractivity contribution in [3.63, 3.8) is 0 Å². The molecule has 3 rings (SSSR count). The largest absolute Gasteiger partial charge is 0.481 e. The number of nitrogens with zero attached hydrogens (tertiary/aromatic N) is 1. The first-order valence-corrected chi connectivity index (χ1v) is 7.80. The number of hydrogen-bond donors (Lipinski definition) is 1. The molecular formula is C15H16Cl2FNO2. The van der Waals surface area contributed by atoms with E-state index in [9.17, 15) is 14.3 Å². The van der Waals surface area contributed by atoms with Gasteiger partial charge < -0.3 is 5.11 Å². The van der Waals surface area contributed by atoms with Crippen LogP contribution in [0.2, 0.25) is 10.0 Å². The molecule has 4 unspecified atom stereocenters. The lowest BCUT2D eigenvalue weighted by Gasteiger charge is -2.30. The predicted molar refractivity (Wildman–Crippen MR) is 79.2 cm³/mol. The Morgan fingerprint density at radius 1 is 1.38 bits per heavy atom. The van der Waals surface area contributed by atoms with Gasteiger partial charge in [0.2, 0.25) is 0 Å². The third-order valence-corrected chi connectivity index (χ3v) is 5.46. The highest BCUT2D eigenvalue weighted by molar-refractivity contribution is 6.35. The van der Waals surface area contributed by atoms with Gasteiger partial charge in [-0.3, -0.25) is 9.69 Å². The molecule has 2 bridgehead atoms. The molecule has 0 aromatic heterocycles. The number of carboxylic acids is 1. The Morgan fingerprint density at radius 2 is 2.10 bits per heavy atom. The van der Waals surface area contributed by atoms with Gasteiger partial charge in [-0.2, -0.15) is 0 Å². The van der Waals surface area contributed by atoms with Crippen LogP contribution >= 0.6 is 23.2 Å². The van der Waals surface area contributed by atoms with Crippen molar-refractivity contribution in [2.75, 3.05) is 0 Å². The fraction of sp³-hybridized carbons (Fsp3) is 0.533. The van der Waals surface area contributed by atoms with Crippen LogP contribution in [-0.2, 0) is 4.79 Å². The van der Waals surface area contributed by atoms with Crippen molar-refractivity contribution in [3.05, 3.63) is 33.6 Å². The number of rotatable bonds is 3. The summed E-state index contributed by atoms with van der Waals surface area (Å²) in [6.07, 6.45) is 2.53. The van der Waals surface area contributed by atoms with Crippen LogP contribution < -0.4 is 0 Å². The van der Waals surface area contributed by atoms with Crippen molar-refractivity contribution in [2.45, 2.75) is 44.3 Å². The number of aliphatic carboxylic acids is 1. The second-order valence-corrected chi connectivity index (χ2v) is 6.70. The average Bonchev–Trinajstić information content (AvgIpc) is 2.99. The predicted octanol–water partition coefficient (Wildman–Crippen LogP) is 4.13. The minimum atomic E-state index is -0.743. The molecule has 3 nitrogen and oxygen atoms in total. The maximum absolute atomic E-state index is 13.7. The molecule has 4 atom stereocenters. The molecule has 1 aromatic rings. The molecule has 2 aliphatic rings. The van der Waals surface area contributed by atoms with Crippen molar-refractivity contribution >= 4 is 29.2 Å². The first-order chi connectivity index (χ1) is 9.90. The van der Waals surface area contributed by atoms with E-state index in [4.69, 9.17) is 23.2 Å². The monoisotopic (exact) mass is 331 g/mol. The fourth-order valence-electron chi connectivity index (χ4n) is 3.92. The van der Waals surface area contributed by atoms with E-state index >= 15 is 0 Å². The van der Waals surface area contributed by atoms with Gasteiger partial charge in [0.05, 0.1) is 10.9 Å². The van der Waals surface area contributed by atoms with Crippen LogP contribution in [0.15, 0.2) is 12.1 Å². The summed E-state index contributed by atoms with van der Waals surface area (Å²) >= 11 is 11.9. The standard InChI is InChI=1S/C15H16Cl2FNO2/c1-7(9-5-13(18)12(17)6-11(9)16)19-8-2-3-14(19)10(4-8)15(20)21/h5-8,10,14H,2-4H2,1H3,(H,20,21). The minimum absolute atomic E-state index is 0.00348. The number of halogens is 3. The zero-order valence-electron chi connectivity index (χ0n) is 11.5. The molecule has 2 saturated heterocycles. The van der Waals surface area contributed by atoms with Gasteiger partial charge in [-0.1, -0.05) is 23.2 Å². The summed E-state index contributed by atoms with van der Waals surface area (Å²) in [6, 6.07) is 2.91. The summed E-state index contributed by atoms with van der Waals surface area (Å²) in [4.78, 5) is 13.5. The maximum Gasteiger partial charge on any atom is 0.308 e. The summed E-state index contributed by atoms with van der Waals surface area (Å²) in [5.41, 5.74) is 0.668. The van der Waals surface area contributed by atoms with Crippen molar-refractivity contribution in [1.29, 1.82) is 0 Å². The molecule has 1 N–H and O–H groups in total. The summed E-state index contributed by atoms with van der Waals surface area (Å²) in [7, 11) is 0. The number of carbonyl (C=O) groups is 1. The lowest BCUT2D eigenvalue weighted by atomic mass is 9.89. The Bertz CT molecular complexity index is 595. The van der Waals surface area contributed by atoms with Crippen LogP contribution in [-0.4, -0.2) is 28.1 Å². The second kappa shape index (κ2) is 5.41. The summed E-state index contributed by atoms with van der Waals surface area (Å²) in [6.45, 7) is 1.95. The highest BCUT2D eigenvalue weighted by atomic mass is 35.5. The zero-order valence-corrected chi connectivity index (χ0v) is 13.0. The third kappa shape index (κ3) is 2.43. The van der Waals surface area contributed by atoms with Crippen molar-refractivity contribution in [1.82, 2.24) is 4.90 Å². The second-order valence-electron chi connectivity index (χ2n) is 5.89. The van der Waals surface area contributed by atoms with Crippen LogP contribution in [0.3, 0.4) is 0 Å². The van der Waals surface area contributed by atoms with Gasteiger partial charge in [0.1, 0.15) is 5.82 Å². The molecule has 2 fully saturated rings. The van der Waals surface area contributed by atoms with Gasteiger partial charge in [-0.05, 0) is 43.9 Å². The van der Waals surface area contributed by atoms with Gasteiger partial charge in [-0.15, -0.1) is 0 Å². The van der Waals surface area contributed by atoms with Crippen molar-refractivity contribution < 1.29 is 14.3 Å². The third-order valence-electron chi connectivity index (χ3n) is 4.84. The Hall–Kier alpha value is -0.840. The van der Waals surface area contributed by atoms with Crippen LogP contribution in [0.25, 0.3) is 0 Å². The highest BCUT2D eigenvalue weighted by Gasteiger charge is 2.51. The Morgan fingerprint density at radius 3 is 2.71 bits per heavy atom. The SMILES string of the molecule is CC(c1cc(F)c(Cl)cc1Cl)N1C2CCC1C(C(=O)O)C2. The molecule has 0 radical (unpaired) electrons. The van der Waals surface area contributed by atoms with E-state index in [2.05, 4.69) is 4.90 Å². The first-order valence-electron chi connectivity index (χ1n) is 7.05. The lowest BCUT2D eigenvalue weighted by Crippen LogP contribution is -2.35. The molecule has 0 aliphatic carbocycles. The molecular weight excluding hydrogens is 316 g/mol. The average molecular weight is 332 g/mol. The molecule has 0 amide bonds. The molecule has 2 heterocycles. The van der Waals surface area contributed by atoms with Crippen LogP contribution in [0, 0.1) is 11.7 Å². The molecule has 0 spiro atoms. The number of hydrogen-bond acceptors (Lipinski definition) is 2. The molecule has 0 saturated carbocycles. The van der Waals surface area contributed by atoms with Gasteiger partial charge in [-0.25, -0.2) is 4.39 Å². The van der Waals surface area contributed by atoms with Crippen LogP contribution in [0.4, 0.5) is 4.39 Å². The number of fused-ring (bicyclic) bond motifs is 2. The van der Waals surface area contributed by atoms with Crippen molar-refractivity contribution in [2.24, 2.45) is 5.92 Å². The Labute approximate surface area is 132 Å². The number of carboxylic acid groups (broad SMARTS) is 1. The van der Waals surface area contributed by atoms with E-state index in [1.807, 2.05) is 6.92 Å². The van der Waals surface area contributed by atoms with E-state index in [0.29, 0.717) is 17.0 Å². The van der Waals surface area contributed by atoms with E-state index in [0.717, 1.165) is 12.8 Å². The molecule has 21 heavy (non-hydrogen) atoms. The van der Waals surface area contributed by atoms with Crippen LogP contribution in [0.1, 0.15) is 37.8 Å². The Kier molecular flexibility index (Phi) is 3.89. The smallest absolute Gasteiger partial charge is 0.308 e.